The molecular weight excluding hydrogens is 404 g/mol. The molecule has 1 amide bonds. The lowest BCUT2D eigenvalue weighted by atomic mass is 10.2. The summed E-state index contributed by atoms with van der Waals surface area (Å²) in [6.07, 6.45) is 1.76. The second-order valence-corrected chi connectivity index (χ2v) is 7.49. The molecule has 2 heterocycles. The number of nitrogens with zero attached hydrogens (tertiary/aromatic N) is 3. The molecule has 2 aromatic carbocycles. The van der Waals surface area contributed by atoms with Gasteiger partial charge >= 0.3 is 0 Å². The van der Waals surface area contributed by atoms with Gasteiger partial charge in [-0.3, -0.25) is 9.78 Å². The number of para-hydroxylation sites is 1. The van der Waals surface area contributed by atoms with E-state index < -0.39 is 0 Å². The lowest BCUT2D eigenvalue weighted by Gasteiger charge is -2.36. The number of nitrogens with one attached hydrogen (secondary N) is 1. The third-order valence-electron chi connectivity index (χ3n) is 4.89. The molecule has 0 aliphatic carbocycles. The number of rotatable bonds is 4. The molecule has 0 atom stereocenters. The maximum Gasteiger partial charge on any atom is 0.241 e. The van der Waals surface area contributed by atoms with Gasteiger partial charge in [0.2, 0.25) is 5.91 Å². The summed E-state index contributed by atoms with van der Waals surface area (Å²) in [5.74, 6) is 0.129. The average molecular weight is 425 g/mol. The fourth-order valence-electron chi connectivity index (χ4n) is 3.41. The van der Waals surface area contributed by atoms with E-state index in [1.807, 2.05) is 47.4 Å². The van der Waals surface area contributed by atoms with Crippen LogP contribution in [0.3, 0.4) is 0 Å². The SMILES string of the molecule is O=C(CNc1ccnc2cc(Br)ccc12)N1CCN(c2ccccc2)CC1. The average Bonchev–Trinajstić information content (AvgIpc) is 2.72. The van der Waals surface area contributed by atoms with E-state index in [9.17, 15) is 4.79 Å². The Morgan fingerprint density at radius 3 is 2.59 bits per heavy atom. The molecule has 6 heteroatoms. The van der Waals surface area contributed by atoms with Crippen molar-refractivity contribution in [3.8, 4) is 0 Å². The number of amides is 1. The fraction of sp³-hybridized carbons (Fsp3) is 0.238. The Morgan fingerprint density at radius 2 is 1.81 bits per heavy atom. The van der Waals surface area contributed by atoms with Crippen LogP contribution >= 0.6 is 15.9 Å². The van der Waals surface area contributed by atoms with Gasteiger partial charge in [-0.15, -0.1) is 0 Å². The van der Waals surface area contributed by atoms with Gasteiger partial charge in [-0.1, -0.05) is 34.1 Å². The van der Waals surface area contributed by atoms with Crippen molar-refractivity contribution in [1.29, 1.82) is 0 Å². The molecule has 0 bridgehead atoms. The minimum absolute atomic E-state index is 0.129. The van der Waals surface area contributed by atoms with Gasteiger partial charge in [-0.25, -0.2) is 0 Å². The number of carbonyl (C=O) groups excluding carboxylic acids is 1. The molecule has 0 spiro atoms. The van der Waals surface area contributed by atoms with E-state index in [0.29, 0.717) is 6.54 Å². The van der Waals surface area contributed by atoms with Crippen molar-refractivity contribution < 1.29 is 4.79 Å². The highest BCUT2D eigenvalue weighted by Crippen LogP contribution is 2.24. The standard InChI is InChI=1S/C21H21BrN4O/c22-16-6-7-18-19(8-9-23-20(18)14-16)24-15-21(27)26-12-10-25(11-13-26)17-4-2-1-3-5-17/h1-9,14H,10-13,15H2,(H,23,24). The number of benzene rings is 2. The number of piperazine rings is 1. The molecule has 1 fully saturated rings. The molecule has 3 aromatic rings. The highest BCUT2D eigenvalue weighted by molar-refractivity contribution is 9.10. The quantitative estimate of drug-likeness (QED) is 0.692. The van der Waals surface area contributed by atoms with E-state index in [1.54, 1.807) is 6.20 Å². The minimum atomic E-state index is 0.129. The largest absolute Gasteiger partial charge is 0.376 e. The van der Waals surface area contributed by atoms with Gasteiger partial charge in [0, 0.05) is 53.6 Å². The predicted molar refractivity (Wildman–Crippen MR) is 113 cm³/mol. The number of aromatic nitrogens is 1. The fourth-order valence-corrected chi connectivity index (χ4v) is 3.76. The van der Waals surface area contributed by atoms with Crippen LogP contribution in [0.1, 0.15) is 0 Å². The second kappa shape index (κ2) is 7.96. The van der Waals surface area contributed by atoms with Gasteiger partial charge in [0.25, 0.3) is 0 Å². The summed E-state index contributed by atoms with van der Waals surface area (Å²) in [5, 5.41) is 4.30. The Hall–Kier alpha value is -2.60. The predicted octanol–water partition coefficient (Wildman–Crippen LogP) is 3.76. The smallest absolute Gasteiger partial charge is 0.241 e. The zero-order valence-electron chi connectivity index (χ0n) is 14.9. The third kappa shape index (κ3) is 4.06. The van der Waals surface area contributed by atoms with Crippen LogP contribution in [-0.2, 0) is 4.79 Å². The minimum Gasteiger partial charge on any atom is -0.376 e. The van der Waals surface area contributed by atoms with Gasteiger partial charge in [-0.05, 0) is 36.4 Å². The Kier molecular flexibility index (Phi) is 5.25. The van der Waals surface area contributed by atoms with E-state index in [-0.39, 0.29) is 5.91 Å². The zero-order chi connectivity index (χ0) is 18.6. The highest BCUT2D eigenvalue weighted by atomic mass is 79.9. The first-order valence-electron chi connectivity index (χ1n) is 9.06. The second-order valence-electron chi connectivity index (χ2n) is 6.58. The van der Waals surface area contributed by atoms with Crippen molar-refractivity contribution in [2.75, 3.05) is 42.9 Å². The molecule has 1 N–H and O–H groups in total. The number of hydrogen-bond acceptors (Lipinski definition) is 4. The van der Waals surface area contributed by atoms with E-state index in [1.165, 1.54) is 5.69 Å². The van der Waals surface area contributed by atoms with Crippen molar-refractivity contribution in [1.82, 2.24) is 9.88 Å². The first-order chi connectivity index (χ1) is 13.2. The van der Waals surface area contributed by atoms with Crippen LogP contribution < -0.4 is 10.2 Å². The molecule has 0 saturated carbocycles. The van der Waals surface area contributed by atoms with Crippen molar-refractivity contribution >= 4 is 44.1 Å². The van der Waals surface area contributed by atoms with Crippen LogP contribution in [0.4, 0.5) is 11.4 Å². The van der Waals surface area contributed by atoms with Crippen molar-refractivity contribution in [2.45, 2.75) is 0 Å². The summed E-state index contributed by atoms with van der Waals surface area (Å²) >= 11 is 3.47. The Bertz CT molecular complexity index is 939. The highest BCUT2D eigenvalue weighted by Gasteiger charge is 2.21. The summed E-state index contributed by atoms with van der Waals surface area (Å²) in [7, 11) is 0. The topological polar surface area (TPSA) is 48.5 Å². The molecule has 1 aliphatic rings. The van der Waals surface area contributed by atoms with Crippen LogP contribution in [0.5, 0.6) is 0 Å². The van der Waals surface area contributed by atoms with Crippen molar-refractivity contribution in [3.05, 3.63) is 65.3 Å². The van der Waals surface area contributed by atoms with E-state index in [2.05, 4.69) is 43.3 Å². The van der Waals surface area contributed by atoms with Crippen LogP contribution in [-0.4, -0.2) is 48.5 Å². The molecule has 1 saturated heterocycles. The number of halogens is 1. The first-order valence-corrected chi connectivity index (χ1v) is 9.86. The molecule has 27 heavy (non-hydrogen) atoms. The summed E-state index contributed by atoms with van der Waals surface area (Å²) in [6, 6.07) is 18.2. The lowest BCUT2D eigenvalue weighted by Crippen LogP contribution is -2.50. The molecule has 0 radical (unpaired) electrons. The molecule has 4 rings (SSSR count). The Balaban J connectivity index is 1.35. The normalized spacial score (nSPS) is 14.4. The van der Waals surface area contributed by atoms with Crippen LogP contribution in [0.2, 0.25) is 0 Å². The van der Waals surface area contributed by atoms with Gasteiger partial charge in [0.15, 0.2) is 0 Å². The van der Waals surface area contributed by atoms with E-state index in [4.69, 9.17) is 0 Å². The maximum absolute atomic E-state index is 12.6. The summed E-state index contributed by atoms with van der Waals surface area (Å²) < 4.78 is 0.993. The maximum atomic E-state index is 12.6. The van der Waals surface area contributed by atoms with Crippen LogP contribution in [0.25, 0.3) is 10.9 Å². The van der Waals surface area contributed by atoms with Gasteiger partial charge in [0.1, 0.15) is 0 Å². The number of carbonyl (C=O) groups is 1. The number of fused-ring (bicyclic) bond motifs is 1. The zero-order valence-corrected chi connectivity index (χ0v) is 16.5. The number of anilines is 2. The molecule has 0 unspecified atom stereocenters. The Morgan fingerprint density at radius 1 is 1.04 bits per heavy atom. The van der Waals surface area contributed by atoms with Gasteiger partial charge in [0.05, 0.1) is 12.1 Å². The molecule has 1 aliphatic heterocycles. The van der Waals surface area contributed by atoms with Gasteiger partial charge in [-0.2, -0.15) is 0 Å². The summed E-state index contributed by atoms with van der Waals surface area (Å²) in [6.45, 7) is 3.52. The van der Waals surface area contributed by atoms with Crippen molar-refractivity contribution in [2.24, 2.45) is 0 Å². The summed E-state index contributed by atoms with van der Waals surface area (Å²) in [4.78, 5) is 21.3. The third-order valence-corrected chi connectivity index (χ3v) is 5.38. The monoisotopic (exact) mass is 424 g/mol. The van der Waals surface area contributed by atoms with Crippen LogP contribution in [0, 0.1) is 0 Å². The molecule has 5 nitrogen and oxygen atoms in total. The number of pyridine rings is 1. The first kappa shape index (κ1) is 17.8. The number of hydrogen-bond donors (Lipinski definition) is 1. The van der Waals surface area contributed by atoms with E-state index in [0.717, 1.165) is 47.2 Å². The van der Waals surface area contributed by atoms with Crippen molar-refractivity contribution in [3.63, 3.8) is 0 Å². The van der Waals surface area contributed by atoms with E-state index >= 15 is 0 Å². The Labute approximate surface area is 167 Å². The molecular formula is C21H21BrN4O. The summed E-state index contributed by atoms with van der Waals surface area (Å²) in [5.41, 5.74) is 3.05. The van der Waals surface area contributed by atoms with Gasteiger partial charge < -0.3 is 15.1 Å². The van der Waals surface area contributed by atoms with Crippen LogP contribution in [0.15, 0.2) is 65.3 Å². The molecule has 1 aromatic heterocycles. The lowest BCUT2D eigenvalue weighted by molar-refractivity contribution is -0.129. The molecule has 138 valence electrons.